The molecular weight excluding hydrogens is 548 g/mol. The number of rotatable bonds is 1. The maximum absolute atomic E-state index is 6.36. The highest BCUT2D eigenvalue weighted by molar-refractivity contribution is 6.13. The molecule has 0 N–H and O–H groups in total. The second kappa shape index (κ2) is 8.77. The molecule has 212 valence electrons. The fraction of sp³-hybridized carbons (Fsp3) is 0.0952. The van der Waals surface area contributed by atoms with Crippen molar-refractivity contribution < 1.29 is 4.74 Å². The highest BCUT2D eigenvalue weighted by Crippen LogP contribution is 2.57. The maximum atomic E-state index is 6.36. The Morgan fingerprint density at radius 3 is 2.24 bits per heavy atom. The topological polar surface area (TPSA) is 35.0 Å². The molecule has 0 atom stereocenters. The number of nitrogens with zero attached hydrogens (tertiary/aromatic N) is 2. The molecule has 0 fully saturated rings. The first-order valence-corrected chi connectivity index (χ1v) is 15.6. The molecule has 2 aliphatic carbocycles. The Kier molecular flexibility index (Phi) is 4.84. The van der Waals surface area contributed by atoms with Gasteiger partial charge >= 0.3 is 0 Å². The molecule has 1 aromatic heterocycles. The summed E-state index contributed by atoms with van der Waals surface area (Å²) in [5.74, 6) is 2.29. The van der Waals surface area contributed by atoms with E-state index >= 15 is 0 Å². The summed E-state index contributed by atoms with van der Waals surface area (Å²) in [5.41, 5.74) is 13.5. The first-order chi connectivity index (χ1) is 22.1. The Morgan fingerprint density at radius 2 is 1.38 bits per heavy atom. The minimum Gasteiger partial charge on any atom is -0.453 e. The van der Waals surface area contributed by atoms with Gasteiger partial charge in [-0.1, -0.05) is 117 Å². The van der Waals surface area contributed by atoms with Gasteiger partial charge in [0.25, 0.3) is 0 Å². The van der Waals surface area contributed by atoms with Crippen LogP contribution in [-0.4, -0.2) is 9.97 Å². The highest BCUT2D eigenvalue weighted by atomic mass is 16.5. The zero-order chi connectivity index (χ0) is 29.9. The van der Waals surface area contributed by atoms with Crippen molar-refractivity contribution in [2.24, 2.45) is 0 Å². The maximum Gasteiger partial charge on any atom is 0.172 e. The van der Waals surface area contributed by atoms with Crippen molar-refractivity contribution in [3.63, 3.8) is 0 Å². The van der Waals surface area contributed by atoms with Gasteiger partial charge in [-0.15, -0.1) is 0 Å². The molecule has 0 unspecified atom stereocenters. The first kappa shape index (κ1) is 24.9. The van der Waals surface area contributed by atoms with Gasteiger partial charge in [-0.2, -0.15) is 0 Å². The number of allylic oxidation sites excluding steroid dienone is 1. The van der Waals surface area contributed by atoms with Crippen LogP contribution in [0.1, 0.15) is 41.9 Å². The van der Waals surface area contributed by atoms with E-state index < -0.39 is 0 Å². The zero-order valence-corrected chi connectivity index (χ0v) is 25.1. The number of hydrogen-bond acceptors (Lipinski definition) is 3. The monoisotopic (exact) mass is 576 g/mol. The Morgan fingerprint density at radius 1 is 0.667 bits per heavy atom. The van der Waals surface area contributed by atoms with Crippen molar-refractivity contribution in [2.45, 2.75) is 25.7 Å². The van der Waals surface area contributed by atoms with Crippen LogP contribution in [0, 0.1) is 0 Å². The summed E-state index contributed by atoms with van der Waals surface area (Å²) in [4.78, 5) is 10.2. The first-order valence-electron chi connectivity index (χ1n) is 15.6. The second-order valence-corrected chi connectivity index (χ2v) is 12.9. The highest BCUT2D eigenvalue weighted by Gasteiger charge is 2.40. The fourth-order valence-electron chi connectivity index (χ4n) is 8.25. The van der Waals surface area contributed by atoms with Crippen LogP contribution < -0.4 is 4.74 Å². The molecule has 0 bridgehead atoms. The van der Waals surface area contributed by atoms with E-state index in [9.17, 15) is 0 Å². The summed E-state index contributed by atoms with van der Waals surface area (Å²) in [6.07, 6.45) is 4.90. The lowest BCUT2D eigenvalue weighted by Crippen LogP contribution is -2.18. The lowest BCUT2D eigenvalue weighted by Gasteiger charge is -2.27. The average Bonchev–Trinajstić information content (AvgIpc) is 3.19. The molecule has 1 aliphatic heterocycles. The molecule has 0 spiro atoms. The molecular formula is C42H28N2O. The molecule has 0 amide bonds. The van der Waals surface area contributed by atoms with Gasteiger partial charge in [0.1, 0.15) is 11.4 Å². The fourth-order valence-corrected chi connectivity index (χ4v) is 8.25. The van der Waals surface area contributed by atoms with Gasteiger partial charge in [0, 0.05) is 28.4 Å². The van der Waals surface area contributed by atoms with Gasteiger partial charge in [-0.05, 0) is 72.8 Å². The Labute approximate surface area is 261 Å². The number of fused-ring (bicyclic) bond motifs is 12. The van der Waals surface area contributed by atoms with Crippen LogP contribution in [0.5, 0.6) is 11.5 Å². The van der Waals surface area contributed by atoms with Crippen molar-refractivity contribution in [2.75, 3.05) is 0 Å². The van der Waals surface area contributed by atoms with Crippen molar-refractivity contribution in [3.8, 4) is 45.0 Å². The summed E-state index contributed by atoms with van der Waals surface area (Å²) < 4.78 is 6.36. The van der Waals surface area contributed by atoms with E-state index in [1.165, 1.54) is 55.3 Å². The molecule has 2 heterocycles. The minimum atomic E-state index is -0.158. The molecule has 0 saturated carbocycles. The molecule has 3 nitrogen and oxygen atoms in total. The minimum absolute atomic E-state index is 0.158. The van der Waals surface area contributed by atoms with E-state index in [1.807, 2.05) is 18.3 Å². The van der Waals surface area contributed by atoms with E-state index in [0.29, 0.717) is 5.75 Å². The summed E-state index contributed by atoms with van der Waals surface area (Å²) in [5, 5.41) is 4.86. The van der Waals surface area contributed by atoms with Gasteiger partial charge < -0.3 is 4.74 Å². The van der Waals surface area contributed by atoms with E-state index in [4.69, 9.17) is 14.7 Å². The molecule has 0 saturated heterocycles. The van der Waals surface area contributed by atoms with Crippen LogP contribution in [0.25, 0.3) is 66.7 Å². The zero-order valence-electron chi connectivity index (χ0n) is 25.1. The quantitative estimate of drug-likeness (QED) is 0.195. The van der Waals surface area contributed by atoms with Gasteiger partial charge in [-0.25, -0.2) is 9.97 Å². The third kappa shape index (κ3) is 3.30. The molecule has 3 aliphatic rings. The molecule has 0 radical (unpaired) electrons. The molecule has 45 heavy (non-hydrogen) atoms. The number of hydrogen-bond donors (Lipinski definition) is 0. The standard InChI is InChI=1S/C42H28N2O/c1-42(2)33-19-8-7-17-30(33)38-29-16-6-5-15-28(29)37-27-14-4-3-11-25(27)21-26(22-32(37)39(38)42)41-43-23-35-40(44-41)31-18-9-12-24-13-10-20-34(45-35)36(24)31/h3-21,23H,22H2,1-2H3. The number of ether oxygens (including phenoxy) is 1. The Balaban J connectivity index is 1.26. The predicted molar refractivity (Wildman–Crippen MR) is 184 cm³/mol. The third-order valence-electron chi connectivity index (χ3n) is 10.1. The number of benzene rings is 6. The van der Waals surface area contributed by atoms with Crippen molar-refractivity contribution in [1.82, 2.24) is 9.97 Å². The molecule has 6 aromatic carbocycles. The lowest BCUT2D eigenvalue weighted by atomic mass is 9.75. The van der Waals surface area contributed by atoms with Crippen LogP contribution in [0.15, 0.2) is 115 Å². The van der Waals surface area contributed by atoms with Crippen LogP contribution in [-0.2, 0) is 11.8 Å². The van der Waals surface area contributed by atoms with E-state index in [-0.39, 0.29) is 5.41 Å². The third-order valence-corrected chi connectivity index (χ3v) is 10.1. The van der Waals surface area contributed by atoms with E-state index in [1.54, 1.807) is 0 Å². The lowest BCUT2D eigenvalue weighted by molar-refractivity contribution is 0.481. The van der Waals surface area contributed by atoms with Crippen molar-refractivity contribution in [3.05, 3.63) is 143 Å². The summed E-state index contributed by atoms with van der Waals surface area (Å²) >= 11 is 0. The van der Waals surface area contributed by atoms with Crippen molar-refractivity contribution >= 4 is 33.2 Å². The van der Waals surface area contributed by atoms with Gasteiger partial charge in [-0.3, -0.25) is 0 Å². The van der Waals surface area contributed by atoms with Gasteiger partial charge in [0.15, 0.2) is 11.6 Å². The van der Waals surface area contributed by atoms with E-state index in [0.717, 1.165) is 45.6 Å². The SMILES string of the molecule is CC1(C)c2ccccc2-c2c1c1c(c3ccccc23)-c2ccccc2C=C(c2ncc3c(n2)-c2cccc4cccc(c24)O3)C1. The van der Waals surface area contributed by atoms with Crippen LogP contribution in [0.4, 0.5) is 0 Å². The van der Waals surface area contributed by atoms with Crippen LogP contribution in [0.3, 0.4) is 0 Å². The van der Waals surface area contributed by atoms with Crippen LogP contribution >= 0.6 is 0 Å². The largest absolute Gasteiger partial charge is 0.453 e. The van der Waals surface area contributed by atoms with Gasteiger partial charge in [0.2, 0.25) is 0 Å². The number of aromatic nitrogens is 2. The van der Waals surface area contributed by atoms with E-state index in [2.05, 4.69) is 117 Å². The molecule has 10 rings (SSSR count). The molecule has 7 aromatic rings. The van der Waals surface area contributed by atoms with Gasteiger partial charge in [0.05, 0.1) is 6.20 Å². The summed E-state index contributed by atoms with van der Waals surface area (Å²) in [7, 11) is 0. The summed E-state index contributed by atoms with van der Waals surface area (Å²) in [6.45, 7) is 4.77. The Bertz CT molecular complexity index is 2460. The molecule has 3 heteroatoms. The Hall–Kier alpha value is -5.54. The normalized spacial score (nSPS) is 14.8. The van der Waals surface area contributed by atoms with Crippen molar-refractivity contribution in [1.29, 1.82) is 0 Å². The van der Waals surface area contributed by atoms with Crippen LogP contribution in [0.2, 0.25) is 0 Å². The second-order valence-electron chi connectivity index (χ2n) is 12.9. The summed E-state index contributed by atoms with van der Waals surface area (Å²) in [6, 6.07) is 39.3. The smallest absolute Gasteiger partial charge is 0.172 e. The average molecular weight is 577 g/mol. The predicted octanol–water partition coefficient (Wildman–Crippen LogP) is 10.6.